The highest BCUT2D eigenvalue weighted by atomic mass is 15.3. The Labute approximate surface area is 177 Å². The number of likely N-dealkylation sites (N-methyl/N-ethyl adjacent to an activating group) is 2. The van der Waals surface area contributed by atoms with Crippen molar-refractivity contribution in [3.05, 3.63) is 17.8 Å². The Bertz CT molecular complexity index is 717. The van der Waals surface area contributed by atoms with Crippen LogP contribution in [0.4, 0.5) is 29.4 Å². The van der Waals surface area contributed by atoms with Gasteiger partial charge in [-0.3, -0.25) is 0 Å². The predicted molar refractivity (Wildman–Crippen MR) is 121 cm³/mol. The fraction of sp³-hybridized carbons (Fsp3) is 0.579. The van der Waals surface area contributed by atoms with Crippen molar-refractivity contribution in [2.24, 2.45) is 0 Å². The van der Waals surface area contributed by atoms with Crippen LogP contribution in [0.15, 0.2) is 12.1 Å². The molecule has 0 spiro atoms. The first kappa shape index (κ1) is 21.8. The van der Waals surface area contributed by atoms with Gasteiger partial charge in [-0.15, -0.1) is 0 Å². The molecular weight excluding hydrogens is 382 g/mol. The summed E-state index contributed by atoms with van der Waals surface area (Å²) in [5.41, 5.74) is 17.7. The zero-order valence-corrected chi connectivity index (χ0v) is 18.1. The summed E-state index contributed by atoms with van der Waals surface area (Å²) in [6.45, 7) is 10.1. The van der Waals surface area contributed by atoms with Gasteiger partial charge in [-0.1, -0.05) is 0 Å². The summed E-state index contributed by atoms with van der Waals surface area (Å²) < 4.78 is 0. The SMILES string of the molecule is CN1CCN(c2cc(N)nc(N)n2)CC1.Cc1cc(N2CCN(C)CC2)nc(N)n1. The summed E-state index contributed by atoms with van der Waals surface area (Å²) in [7, 11) is 4.25. The molecular formula is C19H33N11. The van der Waals surface area contributed by atoms with E-state index >= 15 is 0 Å². The zero-order valence-electron chi connectivity index (χ0n) is 18.1. The molecule has 2 aromatic heterocycles. The van der Waals surface area contributed by atoms with E-state index in [0.29, 0.717) is 11.8 Å². The van der Waals surface area contributed by atoms with Gasteiger partial charge in [-0.2, -0.15) is 15.0 Å². The minimum atomic E-state index is 0.240. The Morgan fingerprint density at radius 1 is 0.633 bits per heavy atom. The number of piperazine rings is 2. The van der Waals surface area contributed by atoms with E-state index in [2.05, 4.69) is 53.6 Å². The number of nitrogen functional groups attached to an aromatic ring is 3. The maximum Gasteiger partial charge on any atom is 0.223 e. The molecule has 4 heterocycles. The lowest BCUT2D eigenvalue weighted by molar-refractivity contribution is 0.312. The van der Waals surface area contributed by atoms with E-state index in [4.69, 9.17) is 17.2 Å². The summed E-state index contributed by atoms with van der Waals surface area (Å²) >= 11 is 0. The molecule has 11 heteroatoms. The average Bonchev–Trinajstić information content (AvgIpc) is 2.68. The second kappa shape index (κ2) is 9.72. The molecule has 4 rings (SSSR count). The number of nitrogens with two attached hydrogens (primary N) is 3. The van der Waals surface area contributed by atoms with Gasteiger partial charge >= 0.3 is 0 Å². The third-order valence-electron chi connectivity index (χ3n) is 5.26. The van der Waals surface area contributed by atoms with E-state index in [9.17, 15) is 0 Å². The largest absolute Gasteiger partial charge is 0.383 e. The first-order valence-electron chi connectivity index (χ1n) is 10.2. The molecule has 0 amide bonds. The molecule has 0 aromatic carbocycles. The molecule has 2 saturated heterocycles. The molecule has 0 atom stereocenters. The van der Waals surface area contributed by atoms with Gasteiger partial charge in [0.25, 0.3) is 0 Å². The fourth-order valence-electron chi connectivity index (χ4n) is 3.44. The summed E-state index contributed by atoms with van der Waals surface area (Å²) in [4.78, 5) is 25.4. The molecule has 2 aromatic rings. The van der Waals surface area contributed by atoms with Crippen LogP contribution >= 0.6 is 0 Å². The van der Waals surface area contributed by atoms with Gasteiger partial charge in [0.15, 0.2) is 0 Å². The molecule has 0 radical (unpaired) electrons. The summed E-state index contributed by atoms with van der Waals surface area (Å²) in [5.74, 6) is 2.81. The monoisotopic (exact) mass is 415 g/mol. The lowest BCUT2D eigenvalue weighted by Gasteiger charge is -2.33. The van der Waals surface area contributed by atoms with Crippen molar-refractivity contribution in [3.8, 4) is 0 Å². The molecule has 164 valence electrons. The van der Waals surface area contributed by atoms with E-state index in [1.807, 2.05) is 13.0 Å². The molecule has 0 aliphatic carbocycles. The maximum atomic E-state index is 5.63. The Morgan fingerprint density at radius 3 is 1.50 bits per heavy atom. The molecule has 6 N–H and O–H groups in total. The van der Waals surface area contributed by atoms with Crippen LogP contribution in [0.1, 0.15) is 5.69 Å². The average molecular weight is 416 g/mol. The minimum Gasteiger partial charge on any atom is -0.383 e. The third-order valence-corrected chi connectivity index (χ3v) is 5.26. The second-order valence-electron chi connectivity index (χ2n) is 7.82. The quantitative estimate of drug-likeness (QED) is 0.585. The van der Waals surface area contributed by atoms with Crippen LogP contribution in [-0.4, -0.2) is 96.2 Å². The van der Waals surface area contributed by atoms with Crippen LogP contribution in [0.5, 0.6) is 0 Å². The van der Waals surface area contributed by atoms with Gasteiger partial charge in [0.1, 0.15) is 17.5 Å². The van der Waals surface area contributed by atoms with Crippen molar-refractivity contribution in [3.63, 3.8) is 0 Å². The zero-order chi connectivity index (χ0) is 21.7. The van der Waals surface area contributed by atoms with Crippen LogP contribution in [0.3, 0.4) is 0 Å². The number of aromatic nitrogens is 4. The van der Waals surface area contributed by atoms with Crippen LogP contribution in [0.2, 0.25) is 0 Å². The van der Waals surface area contributed by atoms with Crippen molar-refractivity contribution in [1.29, 1.82) is 0 Å². The molecule has 0 saturated carbocycles. The van der Waals surface area contributed by atoms with Crippen LogP contribution < -0.4 is 27.0 Å². The maximum absolute atomic E-state index is 5.63. The van der Waals surface area contributed by atoms with E-state index in [1.165, 1.54) is 0 Å². The minimum absolute atomic E-state index is 0.240. The van der Waals surface area contributed by atoms with Gasteiger partial charge in [0.05, 0.1) is 0 Å². The Kier molecular flexibility index (Phi) is 7.06. The van der Waals surface area contributed by atoms with Gasteiger partial charge in [0.2, 0.25) is 11.9 Å². The van der Waals surface area contributed by atoms with Crippen molar-refractivity contribution in [2.75, 3.05) is 93.5 Å². The summed E-state index contributed by atoms with van der Waals surface area (Å²) in [6, 6.07) is 3.75. The lowest BCUT2D eigenvalue weighted by Crippen LogP contribution is -2.44. The Hall–Kier alpha value is -2.92. The summed E-state index contributed by atoms with van der Waals surface area (Å²) in [5, 5.41) is 0. The highest BCUT2D eigenvalue weighted by molar-refractivity contribution is 5.50. The molecule has 30 heavy (non-hydrogen) atoms. The van der Waals surface area contributed by atoms with E-state index in [-0.39, 0.29) is 5.95 Å². The van der Waals surface area contributed by atoms with Crippen molar-refractivity contribution < 1.29 is 0 Å². The van der Waals surface area contributed by atoms with Gasteiger partial charge in [-0.05, 0) is 21.0 Å². The second-order valence-corrected chi connectivity index (χ2v) is 7.82. The number of nitrogens with zero attached hydrogens (tertiary/aromatic N) is 8. The van der Waals surface area contributed by atoms with E-state index in [0.717, 1.165) is 69.7 Å². The number of rotatable bonds is 2. The number of aryl methyl sites for hydroxylation is 1. The van der Waals surface area contributed by atoms with Gasteiger partial charge in [-0.25, -0.2) is 4.98 Å². The number of anilines is 5. The Morgan fingerprint density at radius 2 is 1.07 bits per heavy atom. The molecule has 2 aliphatic rings. The molecule has 2 fully saturated rings. The topological polar surface area (TPSA) is 143 Å². The smallest absolute Gasteiger partial charge is 0.223 e. The normalized spacial score (nSPS) is 18.1. The molecule has 11 nitrogen and oxygen atoms in total. The number of hydrogen-bond acceptors (Lipinski definition) is 11. The van der Waals surface area contributed by atoms with Crippen molar-refractivity contribution in [2.45, 2.75) is 6.92 Å². The standard InChI is InChI=1S/C10H17N5.C9H16N6/c1-8-7-9(13-10(11)12-8)15-5-3-14(2)4-6-15;1-14-2-4-15(5-3-14)8-6-7(10)12-9(11)13-8/h7H,3-6H2,1-2H3,(H2,11,12,13);6H,2-5H2,1H3,(H4,10,11,12,13). The molecule has 0 unspecified atom stereocenters. The van der Waals surface area contributed by atoms with Crippen LogP contribution in [-0.2, 0) is 0 Å². The van der Waals surface area contributed by atoms with Crippen LogP contribution in [0.25, 0.3) is 0 Å². The molecule has 0 bridgehead atoms. The fourth-order valence-corrected chi connectivity index (χ4v) is 3.44. The highest BCUT2D eigenvalue weighted by Gasteiger charge is 2.17. The van der Waals surface area contributed by atoms with Crippen LogP contribution in [0, 0.1) is 6.92 Å². The van der Waals surface area contributed by atoms with Gasteiger partial charge in [0, 0.05) is 70.2 Å². The van der Waals surface area contributed by atoms with E-state index < -0.39 is 0 Å². The highest BCUT2D eigenvalue weighted by Crippen LogP contribution is 2.17. The molecule has 2 aliphatic heterocycles. The first-order valence-corrected chi connectivity index (χ1v) is 10.2. The van der Waals surface area contributed by atoms with E-state index in [1.54, 1.807) is 6.07 Å². The first-order chi connectivity index (χ1) is 14.3. The van der Waals surface area contributed by atoms with Gasteiger partial charge < -0.3 is 36.8 Å². The van der Waals surface area contributed by atoms with Crippen molar-refractivity contribution >= 4 is 29.4 Å². The number of hydrogen-bond donors (Lipinski definition) is 3. The summed E-state index contributed by atoms with van der Waals surface area (Å²) in [6.07, 6.45) is 0. The predicted octanol–water partition coefficient (Wildman–Crippen LogP) is -0.488. The van der Waals surface area contributed by atoms with Crippen molar-refractivity contribution in [1.82, 2.24) is 29.7 Å². The third kappa shape index (κ3) is 6.04. The lowest BCUT2D eigenvalue weighted by atomic mass is 10.3. The Balaban J connectivity index is 0.000000171.